The van der Waals surface area contributed by atoms with E-state index in [0.29, 0.717) is 18.3 Å². The quantitative estimate of drug-likeness (QED) is 0.474. The van der Waals surface area contributed by atoms with Gasteiger partial charge < -0.3 is 14.8 Å². The summed E-state index contributed by atoms with van der Waals surface area (Å²) < 4.78 is 32.9. The maximum atomic E-state index is 14.2. The van der Waals surface area contributed by atoms with Crippen LogP contribution in [0.2, 0.25) is 0 Å². The second kappa shape index (κ2) is 7.83. The molecule has 6 heteroatoms. The molecule has 1 aromatic carbocycles. The van der Waals surface area contributed by atoms with E-state index >= 15 is 0 Å². The largest absolute Gasteiger partial charge is 0.468 e. The van der Waals surface area contributed by atoms with E-state index in [4.69, 9.17) is 0 Å². The van der Waals surface area contributed by atoms with Crippen LogP contribution in [0.25, 0.3) is 0 Å². The van der Waals surface area contributed by atoms with Gasteiger partial charge in [-0.25, -0.2) is 8.78 Å². The van der Waals surface area contributed by atoms with Crippen molar-refractivity contribution in [2.24, 2.45) is 5.92 Å². The van der Waals surface area contributed by atoms with E-state index in [0.717, 1.165) is 7.11 Å². The van der Waals surface area contributed by atoms with E-state index < -0.39 is 29.4 Å². The number of aryl methyl sites for hydroxylation is 1. The van der Waals surface area contributed by atoms with Crippen molar-refractivity contribution in [1.82, 2.24) is 5.32 Å². The summed E-state index contributed by atoms with van der Waals surface area (Å²) in [5.41, 5.74) is 0.238. The number of carbonyl (C=O) groups is 2. The molecule has 0 heterocycles. The van der Waals surface area contributed by atoms with Crippen molar-refractivity contribution in [3.63, 3.8) is 0 Å². The van der Waals surface area contributed by atoms with Gasteiger partial charge in [-0.3, -0.25) is 4.79 Å². The molecule has 0 aliphatic rings. The predicted molar refractivity (Wildman–Crippen MR) is 74.0 cm³/mol. The van der Waals surface area contributed by atoms with Crippen molar-refractivity contribution < 1.29 is 23.1 Å². The van der Waals surface area contributed by atoms with Gasteiger partial charge >= 0.3 is 5.97 Å². The number of methoxy groups -OCH3 is 1. The maximum absolute atomic E-state index is 14.2. The number of esters is 1. The number of nitrogens with one attached hydrogen (secondary N) is 1. The van der Waals surface area contributed by atoms with E-state index in [1.807, 2.05) is 0 Å². The number of hydrogen-bond acceptors (Lipinski definition) is 4. The molecule has 2 atom stereocenters. The van der Waals surface area contributed by atoms with Crippen LogP contribution in [0.1, 0.15) is 24.0 Å². The summed E-state index contributed by atoms with van der Waals surface area (Å²) in [4.78, 5) is 22.8. The van der Waals surface area contributed by atoms with E-state index in [2.05, 4.69) is 10.1 Å². The van der Waals surface area contributed by atoms with Gasteiger partial charge in [0.1, 0.15) is 23.8 Å². The van der Waals surface area contributed by atoms with Crippen LogP contribution >= 0.6 is 0 Å². The van der Waals surface area contributed by atoms with E-state index in [-0.39, 0.29) is 12.1 Å². The van der Waals surface area contributed by atoms with E-state index in [9.17, 15) is 18.4 Å². The first-order chi connectivity index (χ1) is 9.99. The van der Waals surface area contributed by atoms with E-state index in [1.165, 1.54) is 12.1 Å². The topological polar surface area (TPSA) is 55.4 Å². The Hall–Kier alpha value is -1.82. The molecule has 1 unspecified atom stereocenters. The molecule has 4 nitrogen and oxygen atoms in total. The first kappa shape index (κ1) is 17.2. The van der Waals surface area contributed by atoms with Gasteiger partial charge in [0.05, 0.1) is 7.11 Å². The van der Waals surface area contributed by atoms with Gasteiger partial charge in [0, 0.05) is 18.0 Å². The fourth-order valence-corrected chi connectivity index (χ4v) is 2.27. The summed E-state index contributed by atoms with van der Waals surface area (Å²) in [5, 5.41) is 2.74. The summed E-state index contributed by atoms with van der Waals surface area (Å²) >= 11 is 0. The van der Waals surface area contributed by atoms with Gasteiger partial charge in [-0.1, -0.05) is 6.92 Å². The number of aldehydes is 1. The number of rotatable bonds is 7. The Balaban J connectivity index is 3.34. The van der Waals surface area contributed by atoms with Crippen LogP contribution in [0.5, 0.6) is 0 Å². The molecule has 0 radical (unpaired) electrons. The molecule has 0 aliphatic carbocycles. The average molecular weight is 299 g/mol. The van der Waals surface area contributed by atoms with Crippen LogP contribution in [-0.2, 0) is 20.7 Å². The molecule has 0 fully saturated rings. The highest BCUT2D eigenvalue weighted by atomic mass is 19.1. The van der Waals surface area contributed by atoms with Gasteiger partial charge in [-0.05, 0) is 31.2 Å². The number of benzene rings is 1. The van der Waals surface area contributed by atoms with E-state index in [1.54, 1.807) is 14.0 Å². The molecular formula is C15H19F2NO3. The standard InChI is InChI=1S/C15H19F2NO3/c1-4-9-5-12(16)14(13(17)6-9)10(7-18-2)11(8-19)15(20)21-3/h5-6,8,10-11,18H,4,7H2,1-3H3/t10?,11-/m1/s1. The molecule has 0 saturated carbocycles. The number of hydrogen-bond donors (Lipinski definition) is 1. The Morgan fingerprint density at radius 1 is 1.38 bits per heavy atom. The van der Waals surface area contributed by atoms with Crippen LogP contribution in [0.3, 0.4) is 0 Å². The minimum absolute atomic E-state index is 0.0673. The minimum Gasteiger partial charge on any atom is -0.468 e. The normalized spacial score (nSPS) is 13.6. The number of ether oxygens (including phenoxy) is 1. The maximum Gasteiger partial charge on any atom is 0.316 e. The highest BCUT2D eigenvalue weighted by molar-refractivity contribution is 5.89. The Labute approximate surface area is 122 Å². The summed E-state index contributed by atoms with van der Waals surface area (Å²) in [6.45, 7) is 1.85. The Morgan fingerprint density at radius 3 is 2.33 bits per heavy atom. The highest BCUT2D eigenvalue weighted by Gasteiger charge is 2.33. The molecule has 0 bridgehead atoms. The van der Waals surface area contributed by atoms with Crippen molar-refractivity contribution in [3.05, 3.63) is 34.9 Å². The Kier molecular flexibility index (Phi) is 6.42. The second-order valence-electron chi connectivity index (χ2n) is 4.68. The molecule has 0 saturated heterocycles. The lowest BCUT2D eigenvalue weighted by molar-refractivity contribution is -0.147. The van der Waals surface area contributed by atoms with Crippen molar-refractivity contribution in [3.8, 4) is 0 Å². The van der Waals surface area contributed by atoms with Crippen molar-refractivity contribution in [2.75, 3.05) is 20.7 Å². The molecule has 0 amide bonds. The average Bonchev–Trinajstić information content (AvgIpc) is 2.46. The molecule has 0 aliphatic heterocycles. The van der Waals surface area contributed by atoms with Crippen molar-refractivity contribution in [2.45, 2.75) is 19.3 Å². The summed E-state index contributed by atoms with van der Waals surface area (Å²) in [7, 11) is 2.70. The zero-order valence-electron chi connectivity index (χ0n) is 12.3. The first-order valence-corrected chi connectivity index (χ1v) is 6.65. The summed E-state index contributed by atoms with van der Waals surface area (Å²) in [6.07, 6.45) is 0.847. The number of likely N-dealkylation sites (N-methyl/N-ethyl adjacent to an activating group) is 1. The van der Waals surface area contributed by atoms with Gasteiger partial charge in [0.15, 0.2) is 0 Å². The third-order valence-corrected chi connectivity index (χ3v) is 3.40. The molecule has 116 valence electrons. The second-order valence-corrected chi connectivity index (χ2v) is 4.68. The lowest BCUT2D eigenvalue weighted by Crippen LogP contribution is -2.32. The molecule has 1 N–H and O–H groups in total. The van der Waals surface area contributed by atoms with Gasteiger partial charge in [-0.2, -0.15) is 0 Å². The van der Waals surface area contributed by atoms with Gasteiger partial charge in [0.25, 0.3) is 0 Å². The van der Waals surface area contributed by atoms with Crippen molar-refractivity contribution >= 4 is 12.3 Å². The fourth-order valence-electron chi connectivity index (χ4n) is 2.27. The summed E-state index contributed by atoms with van der Waals surface area (Å²) in [6, 6.07) is 2.44. The van der Waals surface area contributed by atoms with Crippen molar-refractivity contribution in [1.29, 1.82) is 0 Å². The molecule has 21 heavy (non-hydrogen) atoms. The molecule has 0 spiro atoms. The highest BCUT2D eigenvalue weighted by Crippen LogP contribution is 2.30. The number of carbonyl (C=O) groups excluding carboxylic acids is 2. The van der Waals surface area contributed by atoms with Crippen LogP contribution in [0.4, 0.5) is 8.78 Å². The smallest absolute Gasteiger partial charge is 0.316 e. The lowest BCUT2D eigenvalue weighted by atomic mass is 9.85. The minimum atomic E-state index is -1.26. The predicted octanol–water partition coefficient (Wildman–Crippen LogP) is 1.82. The van der Waals surface area contributed by atoms with Crippen LogP contribution in [0.15, 0.2) is 12.1 Å². The third-order valence-electron chi connectivity index (χ3n) is 3.40. The molecule has 1 aromatic rings. The molecule has 0 aromatic heterocycles. The Bertz CT molecular complexity index is 497. The van der Waals surface area contributed by atoms with Crippen LogP contribution in [0, 0.1) is 17.6 Å². The van der Waals surface area contributed by atoms with Crippen LogP contribution in [-0.4, -0.2) is 33.0 Å². The van der Waals surface area contributed by atoms with Gasteiger partial charge in [-0.15, -0.1) is 0 Å². The van der Waals surface area contributed by atoms with Crippen LogP contribution < -0.4 is 5.32 Å². The fraction of sp³-hybridized carbons (Fsp3) is 0.467. The summed E-state index contributed by atoms with van der Waals surface area (Å²) in [5.74, 6) is -4.57. The number of halogens is 2. The first-order valence-electron chi connectivity index (χ1n) is 6.65. The lowest BCUT2D eigenvalue weighted by Gasteiger charge is -2.22. The monoisotopic (exact) mass is 299 g/mol. The zero-order valence-corrected chi connectivity index (χ0v) is 12.3. The van der Waals surface area contributed by atoms with Gasteiger partial charge in [0.2, 0.25) is 0 Å². The Morgan fingerprint density at radius 2 is 1.95 bits per heavy atom. The zero-order chi connectivity index (χ0) is 16.0. The SMILES string of the molecule is CCc1cc(F)c(C(CNC)[C@@H](C=O)C(=O)OC)c(F)c1. The third kappa shape index (κ3) is 3.85. The molecule has 1 rings (SSSR count). The molecular weight excluding hydrogens is 280 g/mol.